The largest absolute Gasteiger partial charge is 0.480 e. The highest BCUT2D eigenvalue weighted by atomic mass is 35.5. The molecular formula is C40H43ClF2N8O4. The Morgan fingerprint density at radius 2 is 1.75 bits per heavy atom. The van der Waals surface area contributed by atoms with Gasteiger partial charge in [0.15, 0.2) is 11.6 Å². The van der Waals surface area contributed by atoms with E-state index in [9.17, 15) is 18.7 Å². The zero-order valence-electron chi connectivity index (χ0n) is 31.1. The summed E-state index contributed by atoms with van der Waals surface area (Å²) in [6.45, 7) is 5.69. The Kier molecular flexibility index (Phi) is 11.2. The third-order valence-electron chi connectivity index (χ3n) is 10.3. The van der Waals surface area contributed by atoms with Crippen molar-refractivity contribution in [3.05, 3.63) is 82.5 Å². The van der Waals surface area contributed by atoms with Crippen molar-refractivity contribution in [2.24, 2.45) is 5.92 Å². The maximum Gasteiger partial charge on any atom is 0.308 e. The van der Waals surface area contributed by atoms with Crippen molar-refractivity contribution in [1.82, 2.24) is 35.1 Å². The van der Waals surface area contributed by atoms with E-state index in [-0.39, 0.29) is 23.7 Å². The number of halogens is 3. The summed E-state index contributed by atoms with van der Waals surface area (Å²) in [5, 5.41) is 17.3. The van der Waals surface area contributed by atoms with Crippen molar-refractivity contribution < 1.29 is 28.2 Å². The zero-order valence-corrected chi connectivity index (χ0v) is 31.8. The molecule has 55 heavy (non-hydrogen) atoms. The minimum absolute atomic E-state index is 0.0484. The summed E-state index contributed by atoms with van der Waals surface area (Å²) in [6, 6.07) is 13.3. The van der Waals surface area contributed by atoms with E-state index in [0.717, 1.165) is 47.9 Å². The van der Waals surface area contributed by atoms with Crippen molar-refractivity contribution in [3.8, 4) is 28.3 Å². The number of ether oxygens (including phenoxy) is 2. The lowest BCUT2D eigenvalue weighted by molar-refractivity contribution is -0.146. The molecule has 0 unspecified atom stereocenters. The van der Waals surface area contributed by atoms with Crippen LogP contribution in [0, 0.1) is 12.8 Å². The molecule has 3 aromatic heterocycles. The lowest BCUT2D eigenvalue weighted by Crippen LogP contribution is -2.59. The molecule has 1 saturated heterocycles. The smallest absolute Gasteiger partial charge is 0.308 e. The number of β-amino-alcohol motifs (C(OH)–C–C–N with tert-alkyl or cyclic N) is 1. The number of methoxy groups -OCH3 is 2. The number of hydrogen-bond donors (Lipinski definition) is 3. The van der Waals surface area contributed by atoms with Crippen LogP contribution in [0.15, 0.2) is 54.9 Å². The Bertz CT molecular complexity index is 2210. The molecule has 12 nitrogen and oxygen atoms in total. The molecule has 0 amide bonds. The van der Waals surface area contributed by atoms with Crippen molar-refractivity contribution in [1.29, 1.82) is 0 Å². The number of aromatic nitrogens is 5. The number of pyridine rings is 1. The van der Waals surface area contributed by atoms with Crippen LogP contribution in [0.5, 0.6) is 5.88 Å². The molecule has 2 aromatic carbocycles. The number of anilines is 2. The van der Waals surface area contributed by atoms with Crippen molar-refractivity contribution in [2.45, 2.75) is 70.7 Å². The highest BCUT2D eigenvalue weighted by molar-refractivity contribution is 6.36. The SMILES string of the molecule is COC(=O)C1CCC(NCc2ncc(-c3cccc(-c4cccc(Nc5nc(C(F)F)nc6cc(CN7CC(C)(O)C7)cnc56)c4C)c3Cl)nc2OC)CC1. The summed E-state index contributed by atoms with van der Waals surface area (Å²) in [7, 11) is 2.98. The molecule has 288 valence electrons. The number of likely N-dealkylation sites (tertiary alicyclic amines) is 1. The van der Waals surface area contributed by atoms with Crippen LogP contribution in [0.4, 0.5) is 20.3 Å². The fourth-order valence-electron chi connectivity index (χ4n) is 7.52. The number of fused-ring (bicyclic) bond motifs is 1. The topological polar surface area (TPSA) is 148 Å². The molecule has 1 aliphatic carbocycles. The summed E-state index contributed by atoms with van der Waals surface area (Å²) in [5.74, 6) is -0.260. The van der Waals surface area contributed by atoms with Gasteiger partial charge in [-0.2, -0.15) is 0 Å². The summed E-state index contributed by atoms with van der Waals surface area (Å²) in [4.78, 5) is 36.3. The van der Waals surface area contributed by atoms with Gasteiger partial charge < -0.3 is 25.2 Å². The lowest BCUT2D eigenvalue weighted by Gasteiger charge is -2.44. The molecule has 3 N–H and O–H groups in total. The number of alkyl halides is 2. The van der Waals surface area contributed by atoms with E-state index in [1.54, 1.807) is 32.5 Å². The first-order valence-corrected chi connectivity index (χ1v) is 18.6. The third kappa shape index (κ3) is 8.37. The van der Waals surface area contributed by atoms with Gasteiger partial charge in [-0.05, 0) is 68.4 Å². The standard InChI is InChI=1S/C40H43ClF2N8O4/c1-22-26(7-6-10-29(22)47-36-34-30(48-37(50-36)35(42)43)15-23(16-46-34)19-51-20-40(2,53)21-51)27-8-5-9-28(33(27)41)31-17-45-32(38(49-31)54-3)18-44-25-13-11-24(12-14-25)39(52)55-4/h5-10,15-17,24-25,35,44,53H,11-14,18-21H2,1-4H3,(H,47,48,50). The molecule has 4 heterocycles. The van der Waals surface area contributed by atoms with Gasteiger partial charge in [-0.3, -0.25) is 19.7 Å². The van der Waals surface area contributed by atoms with Crippen molar-refractivity contribution >= 4 is 40.1 Å². The van der Waals surface area contributed by atoms with Crippen LogP contribution < -0.4 is 15.4 Å². The van der Waals surface area contributed by atoms with Gasteiger partial charge in [0.05, 0.1) is 48.2 Å². The molecule has 15 heteroatoms. The number of nitrogens with one attached hydrogen (secondary N) is 2. The predicted octanol–water partition coefficient (Wildman–Crippen LogP) is 7.19. The Balaban J connectivity index is 1.11. The molecule has 1 saturated carbocycles. The van der Waals surface area contributed by atoms with Crippen LogP contribution >= 0.6 is 11.6 Å². The molecule has 5 aromatic rings. The quantitative estimate of drug-likeness (QED) is 0.110. The van der Waals surface area contributed by atoms with Crippen molar-refractivity contribution in [3.63, 3.8) is 0 Å². The minimum atomic E-state index is -2.89. The van der Waals surface area contributed by atoms with E-state index in [1.807, 2.05) is 48.2 Å². The van der Waals surface area contributed by atoms with Gasteiger partial charge in [-0.15, -0.1) is 0 Å². The second-order valence-electron chi connectivity index (χ2n) is 14.5. The Morgan fingerprint density at radius 1 is 1.02 bits per heavy atom. The van der Waals surface area contributed by atoms with Gasteiger partial charge in [-0.25, -0.2) is 23.7 Å². The van der Waals surface area contributed by atoms with E-state index in [1.165, 1.54) is 7.11 Å². The maximum atomic E-state index is 14.0. The molecule has 0 radical (unpaired) electrons. The average molecular weight is 773 g/mol. The van der Waals surface area contributed by atoms with Crippen LogP contribution in [-0.2, 0) is 22.6 Å². The monoisotopic (exact) mass is 772 g/mol. The first-order chi connectivity index (χ1) is 26.4. The number of carbonyl (C=O) groups is 1. The first kappa shape index (κ1) is 38.4. The van der Waals surface area contributed by atoms with Crippen LogP contribution in [-0.4, -0.2) is 79.8 Å². The number of carbonyl (C=O) groups excluding carboxylic acids is 1. The van der Waals surface area contributed by atoms with Crippen molar-refractivity contribution in [2.75, 3.05) is 32.6 Å². The predicted molar refractivity (Wildman–Crippen MR) is 205 cm³/mol. The Labute approximate surface area is 322 Å². The number of nitrogens with zero attached hydrogens (tertiary/aromatic N) is 6. The summed E-state index contributed by atoms with van der Waals surface area (Å²) < 4.78 is 38.6. The molecule has 7 rings (SSSR count). The molecule has 0 atom stereocenters. The second kappa shape index (κ2) is 16.1. The van der Waals surface area contributed by atoms with Gasteiger partial charge in [0.25, 0.3) is 6.43 Å². The van der Waals surface area contributed by atoms with Gasteiger partial charge in [0, 0.05) is 55.2 Å². The highest BCUT2D eigenvalue weighted by Crippen LogP contribution is 2.40. The summed E-state index contributed by atoms with van der Waals surface area (Å²) in [6.07, 6.45) is 3.75. The van der Waals surface area contributed by atoms with E-state index in [0.29, 0.717) is 70.8 Å². The summed E-state index contributed by atoms with van der Waals surface area (Å²) in [5.41, 5.74) is 5.56. The molecule has 0 bridgehead atoms. The number of hydrogen-bond acceptors (Lipinski definition) is 12. The average Bonchev–Trinajstić information content (AvgIpc) is 3.17. The summed E-state index contributed by atoms with van der Waals surface area (Å²) >= 11 is 7.11. The lowest BCUT2D eigenvalue weighted by atomic mass is 9.86. The van der Waals surface area contributed by atoms with Gasteiger partial charge in [0.2, 0.25) is 5.88 Å². The fraction of sp³-hybridized carbons (Fsp3) is 0.400. The van der Waals surface area contributed by atoms with Gasteiger partial charge in [0.1, 0.15) is 11.2 Å². The zero-order chi connectivity index (χ0) is 38.9. The number of rotatable bonds is 12. The Morgan fingerprint density at radius 3 is 2.45 bits per heavy atom. The van der Waals surface area contributed by atoms with E-state index >= 15 is 0 Å². The second-order valence-corrected chi connectivity index (χ2v) is 14.9. The molecule has 0 spiro atoms. The maximum absolute atomic E-state index is 14.0. The van der Waals surface area contributed by atoms with Gasteiger partial charge >= 0.3 is 5.97 Å². The normalized spacial score (nSPS) is 18.3. The van der Waals surface area contributed by atoms with E-state index < -0.39 is 17.9 Å². The first-order valence-electron chi connectivity index (χ1n) is 18.2. The highest BCUT2D eigenvalue weighted by Gasteiger charge is 2.36. The van der Waals surface area contributed by atoms with E-state index in [2.05, 4.69) is 30.6 Å². The minimum Gasteiger partial charge on any atom is -0.480 e. The number of benzene rings is 2. The molecule has 2 fully saturated rings. The number of esters is 1. The molecular weight excluding hydrogens is 730 g/mol. The third-order valence-corrected chi connectivity index (χ3v) is 10.7. The molecule has 2 aliphatic rings. The fourth-order valence-corrected chi connectivity index (χ4v) is 7.84. The van der Waals surface area contributed by atoms with Crippen LogP contribution in [0.3, 0.4) is 0 Å². The molecule has 1 aliphatic heterocycles. The van der Waals surface area contributed by atoms with E-state index in [4.69, 9.17) is 26.1 Å². The Hall–Kier alpha value is -4.89. The van der Waals surface area contributed by atoms with Crippen LogP contribution in [0.1, 0.15) is 61.7 Å². The van der Waals surface area contributed by atoms with Crippen LogP contribution in [0.25, 0.3) is 33.4 Å². The van der Waals surface area contributed by atoms with Crippen LogP contribution in [0.2, 0.25) is 5.02 Å². The number of aliphatic hydroxyl groups is 1. The van der Waals surface area contributed by atoms with Gasteiger partial charge in [-0.1, -0.05) is 41.9 Å².